The standard InChI is InChI=1S/C44H26O/c1-3-14-29-27(12-1)24-25-32-31(29)21-11-22-34(32)41-35-17-5-7-19-37(35)42(38-20-8-6-18-36(38)41)43-30-15-4-2-13-28(30)26-39-33-16-9-10-23-40(33)45-44(39)43/h1-26H/i2D,4D,9D,10D,13D,15D,16D,23D,26D. The first-order chi connectivity index (χ1) is 26.1. The lowest BCUT2D eigenvalue weighted by molar-refractivity contribution is 0.670. The van der Waals surface area contributed by atoms with Crippen LogP contribution < -0.4 is 0 Å². The van der Waals surface area contributed by atoms with Crippen LogP contribution in [-0.2, 0) is 0 Å². The molecule has 45 heavy (non-hydrogen) atoms. The molecular weight excluding hydrogens is 544 g/mol. The second kappa shape index (κ2) is 9.29. The van der Waals surface area contributed by atoms with Crippen molar-refractivity contribution in [1.82, 2.24) is 0 Å². The van der Waals surface area contributed by atoms with Crippen LogP contribution in [0.3, 0.4) is 0 Å². The Hall–Kier alpha value is -5.92. The second-order valence-corrected chi connectivity index (χ2v) is 11.3. The van der Waals surface area contributed by atoms with Gasteiger partial charge in [0.2, 0.25) is 0 Å². The minimum absolute atomic E-state index is 0.00947. The molecule has 1 heterocycles. The van der Waals surface area contributed by atoms with E-state index in [0.29, 0.717) is 11.1 Å². The molecular formula is C44H26O. The van der Waals surface area contributed by atoms with Gasteiger partial charge in [0.1, 0.15) is 11.2 Å². The number of hydrogen-bond acceptors (Lipinski definition) is 1. The third-order valence-corrected chi connectivity index (χ3v) is 8.99. The van der Waals surface area contributed by atoms with Crippen LogP contribution in [0.1, 0.15) is 12.3 Å². The third-order valence-electron chi connectivity index (χ3n) is 8.99. The van der Waals surface area contributed by atoms with E-state index in [0.717, 1.165) is 54.2 Å². The summed E-state index contributed by atoms with van der Waals surface area (Å²) in [6.07, 6.45) is 0. The Morgan fingerprint density at radius 1 is 0.378 bits per heavy atom. The number of furan rings is 1. The van der Waals surface area contributed by atoms with E-state index in [9.17, 15) is 2.74 Å². The van der Waals surface area contributed by atoms with Gasteiger partial charge in [0.05, 0.1) is 12.3 Å². The zero-order valence-corrected chi connectivity index (χ0v) is 23.7. The molecule has 0 bridgehead atoms. The maximum absolute atomic E-state index is 9.43. The van der Waals surface area contributed by atoms with Crippen LogP contribution >= 0.6 is 0 Å². The number of benzene rings is 9. The van der Waals surface area contributed by atoms with Gasteiger partial charge in [-0.15, -0.1) is 0 Å². The fourth-order valence-corrected chi connectivity index (χ4v) is 7.13. The van der Waals surface area contributed by atoms with Crippen molar-refractivity contribution in [3.63, 3.8) is 0 Å². The molecule has 0 N–H and O–H groups in total. The molecule has 0 aliphatic carbocycles. The molecule has 0 unspecified atom stereocenters. The van der Waals surface area contributed by atoms with Crippen molar-refractivity contribution in [2.75, 3.05) is 0 Å². The average molecular weight is 580 g/mol. The zero-order chi connectivity index (χ0) is 37.3. The smallest absolute Gasteiger partial charge is 0.143 e. The van der Waals surface area contributed by atoms with Crippen LogP contribution in [0.4, 0.5) is 0 Å². The molecule has 0 aliphatic heterocycles. The highest BCUT2D eigenvalue weighted by molar-refractivity contribution is 6.29. The quantitative estimate of drug-likeness (QED) is 0.147. The van der Waals surface area contributed by atoms with Gasteiger partial charge in [0.15, 0.2) is 0 Å². The van der Waals surface area contributed by atoms with Gasteiger partial charge >= 0.3 is 0 Å². The predicted octanol–water partition coefficient (Wildman–Crippen LogP) is 12.7. The summed E-state index contributed by atoms with van der Waals surface area (Å²) in [5.74, 6) is 0. The number of para-hydroxylation sites is 1. The lowest BCUT2D eigenvalue weighted by Gasteiger charge is -2.20. The molecule has 1 heteroatoms. The molecule has 0 saturated carbocycles. The largest absolute Gasteiger partial charge is 0.455 e. The number of hydrogen-bond donors (Lipinski definition) is 0. The summed E-state index contributed by atoms with van der Waals surface area (Å²) in [7, 11) is 0. The summed E-state index contributed by atoms with van der Waals surface area (Å²) in [6, 6.07) is 30.8. The van der Waals surface area contributed by atoms with Crippen LogP contribution in [0, 0.1) is 0 Å². The van der Waals surface area contributed by atoms with Gasteiger partial charge in [-0.3, -0.25) is 0 Å². The van der Waals surface area contributed by atoms with Crippen LogP contribution in [-0.4, -0.2) is 0 Å². The molecule has 0 spiro atoms. The monoisotopic (exact) mass is 579 g/mol. The maximum atomic E-state index is 9.43. The molecule has 0 radical (unpaired) electrons. The molecule has 0 atom stereocenters. The summed E-state index contributed by atoms with van der Waals surface area (Å²) in [5, 5.41) is 7.80. The second-order valence-electron chi connectivity index (χ2n) is 11.3. The van der Waals surface area contributed by atoms with E-state index >= 15 is 0 Å². The Bertz CT molecular complexity index is 3270. The van der Waals surface area contributed by atoms with E-state index in [1.54, 1.807) is 0 Å². The van der Waals surface area contributed by atoms with Crippen LogP contribution in [0.15, 0.2) is 162 Å². The molecule has 0 aliphatic rings. The molecule has 0 fully saturated rings. The van der Waals surface area contributed by atoms with Crippen molar-refractivity contribution in [2.45, 2.75) is 0 Å². The zero-order valence-electron chi connectivity index (χ0n) is 32.7. The predicted molar refractivity (Wildman–Crippen MR) is 192 cm³/mol. The molecule has 0 saturated heterocycles. The van der Waals surface area contributed by atoms with Gasteiger partial charge in [-0.2, -0.15) is 0 Å². The summed E-state index contributed by atoms with van der Waals surface area (Å²) >= 11 is 0. The Kier molecular flexibility index (Phi) is 3.59. The fraction of sp³-hybridized carbons (Fsp3) is 0. The van der Waals surface area contributed by atoms with Gasteiger partial charge in [-0.05, 0) is 77.1 Å². The number of fused-ring (bicyclic) bond motifs is 9. The van der Waals surface area contributed by atoms with Crippen molar-refractivity contribution in [2.24, 2.45) is 0 Å². The van der Waals surface area contributed by atoms with Crippen LogP contribution in [0.25, 0.3) is 98.1 Å². The first kappa shape index (κ1) is 17.4. The lowest BCUT2D eigenvalue weighted by atomic mass is 9.83. The van der Waals surface area contributed by atoms with Crippen molar-refractivity contribution >= 4 is 75.8 Å². The Morgan fingerprint density at radius 3 is 1.78 bits per heavy atom. The minimum Gasteiger partial charge on any atom is -0.455 e. The molecule has 10 aromatic rings. The Morgan fingerprint density at radius 2 is 1.00 bits per heavy atom. The molecule has 0 amide bonds. The SMILES string of the molecule is [2H]c1c([2H])c([2H])c2c(oc3c(-c4c5ccccc5c(-c5cccc6c5ccc5ccccc56)c5ccccc45)c4c([2H])c([2H])c([2H])c([2H])c4c([2H])c32)c1[2H]. The molecule has 208 valence electrons. The van der Waals surface area contributed by atoms with Gasteiger partial charge in [-0.25, -0.2) is 0 Å². The summed E-state index contributed by atoms with van der Waals surface area (Å²) in [4.78, 5) is 0. The third kappa shape index (κ3) is 3.44. The fourth-order valence-electron chi connectivity index (χ4n) is 7.13. The molecule has 10 rings (SSSR count). The highest BCUT2D eigenvalue weighted by Gasteiger charge is 2.23. The van der Waals surface area contributed by atoms with E-state index in [1.165, 1.54) is 0 Å². The number of rotatable bonds is 2. The van der Waals surface area contributed by atoms with Crippen molar-refractivity contribution in [3.05, 3.63) is 158 Å². The maximum Gasteiger partial charge on any atom is 0.143 e. The van der Waals surface area contributed by atoms with E-state index in [1.807, 2.05) is 60.7 Å². The van der Waals surface area contributed by atoms with E-state index in [-0.39, 0.29) is 44.8 Å². The molecule has 1 nitrogen and oxygen atoms in total. The van der Waals surface area contributed by atoms with E-state index < -0.39 is 42.3 Å². The first-order valence-electron chi connectivity index (χ1n) is 19.3. The summed E-state index contributed by atoms with van der Waals surface area (Å²) in [5.41, 5.74) is 2.80. The minimum atomic E-state index is -0.505. The van der Waals surface area contributed by atoms with Crippen molar-refractivity contribution < 1.29 is 16.8 Å². The van der Waals surface area contributed by atoms with Gasteiger partial charge < -0.3 is 4.42 Å². The van der Waals surface area contributed by atoms with Gasteiger partial charge in [0, 0.05) is 21.9 Å². The van der Waals surface area contributed by atoms with E-state index in [4.69, 9.17) is 14.0 Å². The first-order valence-corrected chi connectivity index (χ1v) is 14.8. The summed E-state index contributed by atoms with van der Waals surface area (Å²) in [6.45, 7) is 0. The van der Waals surface area contributed by atoms with Crippen molar-refractivity contribution in [1.29, 1.82) is 0 Å². The normalized spacial score (nSPS) is 14.8. The van der Waals surface area contributed by atoms with E-state index in [2.05, 4.69) is 42.5 Å². The van der Waals surface area contributed by atoms with Crippen LogP contribution in [0.5, 0.6) is 0 Å². The van der Waals surface area contributed by atoms with Gasteiger partial charge in [0.25, 0.3) is 0 Å². The highest BCUT2D eigenvalue weighted by Crippen LogP contribution is 2.49. The lowest BCUT2D eigenvalue weighted by Crippen LogP contribution is -1.93. The summed E-state index contributed by atoms with van der Waals surface area (Å²) < 4.78 is 86.1. The molecule has 9 aromatic carbocycles. The average Bonchev–Trinajstić information content (AvgIpc) is 3.61. The highest BCUT2D eigenvalue weighted by atomic mass is 16.3. The van der Waals surface area contributed by atoms with Gasteiger partial charge in [-0.1, -0.05) is 145 Å². The molecule has 1 aromatic heterocycles. The Balaban J connectivity index is 1.47. The van der Waals surface area contributed by atoms with Crippen LogP contribution in [0.2, 0.25) is 0 Å². The Labute approximate surface area is 272 Å². The topological polar surface area (TPSA) is 13.1 Å². The van der Waals surface area contributed by atoms with Crippen molar-refractivity contribution in [3.8, 4) is 22.3 Å².